The Morgan fingerprint density at radius 2 is 1.77 bits per heavy atom. The normalized spacial score (nSPS) is 20.0. The van der Waals surface area contributed by atoms with Gasteiger partial charge in [-0.1, -0.05) is 43.1 Å². The number of halogens is 2. The highest BCUT2D eigenvalue weighted by atomic mass is 35.5. The number of allylic oxidation sites excluding steroid dienone is 1. The predicted octanol–water partition coefficient (Wildman–Crippen LogP) is 6.77. The third kappa shape index (κ3) is 3.88. The molecule has 1 amide bonds. The van der Waals surface area contributed by atoms with Crippen molar-refractivity contribution in [3.05, 3.63) is 68.3 Å². The number of carbonyl (C=O) groups is 2. The third-order valence-corrected chi connectivity index (χ3v) is 6.77. The van der Waals surface area contributed by atoms with Gasteiger partial charge in [-0.05, 0) is 66.6 Å². The number of fused-ring (bicyclic) bond motifs is 1. The van der Waals surface area contributed by atoms with E-state index in [-0.39, 0.29) is 17.1 Å². The SMILES string of the molecule is CC(=O)N1c2cc(C)c(C)cc2NC2=C(C(=O)CC(C)(C)C2)C1c1ccc(Cl)cc1Cl. The molecule has 4 nitrogen and oxygen atoms in total. The van der Waals surface area contributed by atoms with Crippen LogP contribution in [0.2, 0.25) is 10.0 Å². The minimum Gasteiger partial charge on any atom is -0.357 e. The Balaban J connectivity index is 2.07. The lowest BCUT2D eigenvalue weighted by Gasteiger charge is -2.37. The Labute approximate surface area is 193 Å². The maximum atomic E-state index is 13.5. The molecular formula is C25H26Cl2N2O2. The topological polar surface area (TPSA) is 49.4 Å². The molecule has 2 aromatic rings. The van der Waals surface area contributed by atoms with Crippen LogP contribution < -0.4 is 10.2 Å². The van der Waals surface area contributed by atoms with Crippen LogP contribution in [0.25, 0.3) is 0 Å². The molecule has 1 unspecified atom stereocenters. The van der Waals surface area contributed by atoms with Gasteiger partial charge in [-0.15, -0.1) is 0 Å². The number of rotatable bonds is 1. The van der Waals surface area contributed by atoms with Gasteiger partial charge in [-0.2, -0.15) is 0 Å². The van der Waals surface area contributed by atoms with Crippen LogP contribution in [0.5, 0.6) is 0 Å². The second-order valence-corrected chi connectivity index (χ2v) is 10.2. The summed E-state index contributed by atoms with van der Waals surface area (Å²) in [4.78, 5) is 28.3. The fraction of sp³-hybridized carbons (Fsp3) is 0.360. The molecule has 1 atom stereocenters. The molecule has 0 fully saturated rings. The van der Waals surface area contributed by atoms with Gasteiger partial charge in [0.1, 0.15) is 0 Å². The number of hydrogen-bond acceptors (Lipinski definition) is 3. The van der Waals surface area contributed by atoms with Crippen molar-refractivity contribution >= 4 is 46.3 Å². The van der Waals surface area contributed by atoms with E-state index in [1.54, 1.807) is 17.0 Å². The van der Waals surface area contributed by atoms with E-state index in [1.165, 1.54) is 6.92 Å². The molecule has 1 aliphatic heterocycles. The van der Waals surface area contributed by atoms with Crippen LogP contribution in [-0.4, -0.2) is 11.7 Å². The smallest absolute Gasteiger partial charge is 0.224 e. The Bertz CT molecular complexity index is 1150. The van der Waals surface area contributed by atoms with Gasteiger partial charge in [-0.3, -0.25) is 14.5 Å². The molecule has 0 saturated carbocycles. The monoisotopic (exact) mass is 456 g/mol. The number of carbonyl (C=O) groups excluding carboxylic acids is 2. The lowest BCUT2D eigenvalue weighted by atomic mass is 9.73. The Hall–Kier alpha value is -2.30. The number of anilines is 2. The molecule has 1 heterocycles. The van der Waals surface area contributed by atoms with Crippen molar-refractivity contribution in [2.45, 2.75) is 53.5 Å². The van der Waals surface area contributed by atoms with E-state index in [0.717, 1.165) is 28.2 Å². The van der Waals surface area contributed by atoms with Crippen LogP contribution in [0.1, 0.15) is 56.3 Å². The van der Waals surface area contributed by atoms with E-state index in [2.05, 4.69) is 19.2 Å². The first-order chi connectivity index (χ1) is 14.5. The molecular weight excluding hydrogens is 431 g/mol. The molecule has 31 heavy (non-hydrogen) atoms. The van der Waals surface area contributed by atoms with Crippen molar-refractivity contribution < 1.29 is 9.59 Å². The molecule has 4 rings (SSSR count). The van der Waals surface area contributed by atoms with Crippen LogP contribution in [0.15, 0.2) is 41.6 Å². The van der Waals surface area contributed by atoms with E-state index >= 15 is 0 Å². The van der Waals surface area contributed by atoms with Gasteiger partial charge in [0, 0.05) is 34.7 Å². The summed E-state index contributed by atoms with van der Waals surface area (Å²) in [5.41, 5.74) is 5.71. The summed E-state index contributed by atoms with van der Waals surface area (Å²) < 4.78 is 0. The largest absolute Gasteiger partial charge is 0.357 e. The average Bonchev–Trinajstić information content (AvgIpc) is 2.75. The maximum Gasteiger partial charge on any atom is 0.224 e. The first-order valence-corrected chi connectivity index (χ1v) is 11.1. The zero-order valence-corrected chi connectivity index (χ0v) is 19.9. The molecule has 2 aliphatic rings. The van der Waals surface area contributed by atoms with Crippen LogP contribution in [-0.2, 0) is 9.59 Å². The second kappa shape index (κ2) is 7.68. The number of Topliss-reactive ketones (excluding diaryl/α,β-unsaturated/α-hetero) is 1. The van der Waals surface area contributed by atoms with Gasteiger partial charge in [0.05, 0.1) is 17.4 Å². The summed E-state index contributed by atoms with van der Waals surface area (Å²) in [5, 5.41) is 4.46. The van der Waals surface area contributed by atoms with Crippen LogP contribution >= 0.6 is 23.2 Å². The number of amides is 1. The van der Waals surface area contributed by atoms with E-state index in [4.69, 9.17) is 23.2 Å². The standard InChI is InChI=1S/C25H26Cl2N2O2/c1-13-8-19-21(9-14(13)2)29(15(3)30)24(17-7-6-16(26)10-18(17)27)23-20(28-19)11-25(4,5)12-22(23)31/h6-10,24,28H,11-12H2,1-5H3. The van der Waals surface area contributed by atoms with Crippen LogP contribution in [0, 0.1) is 19.3 Å². The highest BCUT2D eigenvalue weighted by Gasteiger charge is 2.43. The highest BCUT2D eigenvalue weighted by Crippen LogP contribution is 2.50. The quantitative estimate of drug-likeness (QED) is 0.514. The lowest BCUT2D eigenvalue weighted by Crippen LogP contribution is -2.38. The van der Waals surface area contributed by atoms with E-state index in [0.29, 0.717) is 34.0 Å². The van der Waals surface area contributed by atoms with E-state index in [9.17, 15) is 9.59 Å². The van der Waals surface area contributed by atoms with Gasteiger partial charge >= 0.3 is 0 Å². The molecule has 0 radical (unpaired) electrons. The maximum absolute atomic E-state index is 13.5. The number of hydrogen-bond donors (Lipinski definition) is 1. The summed E-state index contributed by atoms with van der Waals surface area (Å²) in [5.74, 6) is -0.129. The molecule has 0 saturated heterocycles. The van der Waals surface area contributed by atoms with Crippen molar-refractivity contribution in [2.75, 3.05) is 10.2 Å². The fourth-order valence-electron chi connectivity index (χ4n) is 4.66. The predicted molar refractivity (Wildman–Crippen MR) is 127 cm³/mol. The molecule has 0 aromatic heterocycles. The highest BCUT2D eigenvalue weighted by molar-refractivity contribution is 6.35. The van der Waals surface area contributed by atoms with E-state index < -0.39 is 6.04 Å². The van der Waals surface area contributed by atoms with Gasteiger partial charge in [0.25, 0.3) is 0 Å². The van der Waals surface area contributed by atoms with Crippen molar-refractivity contribution in [1.29, 1.82) is 0 Å². The Morgan fingerprint density at radius 1 is 1.10 bits per heavy atom. The first kappa shape index (κ1) is 21.9. The second-order valence-electron chi connectivity index (χ2n) is 9.37. The summed E-state index contributed by atoms with van der Waals surface area (Å²) >= 11 is 12.8. The Morgan fingerprint density at radius 3 is 2.42 bits per heavy atom. The first-order valence-electron chi connectivity index (χ1n) is 10.4. The number of aryl methyl sites for hydroxylation is 2. The molecule has 2 aromatic carbocycles. The van der Waals surface area contributed by atoms with Crippen molar-refractivity contribution in [1.82, 2.24) is 0 Å². The molecule has 1 N–H and O–H groups in total. The zero-order chi connectivity index (χ0) is 22.7. The van der Waals surface area contributed by atoms with Gasteiger partial charge in [-0.25, -0.2) is 0 Å². The summed E-state index contributed by atoms with van der Waals surface area (Å²) in [6.45, 7) is 9.77. The molecule has 0 spiro atoms. The number of nitrogens with zero attached hydrogens (tertiary/aromatic N) is 1. The average molecular weight is 457 g/mol. The summed E-state index contributed by atoms with van der Waals surface area (Å²) in [7, 11) is 0. The number of benzene rings is 2. The van der Waals surface area contributed by atoms with Crippen molar-refractivity contribution in [3.8, 4) is 0 Å². The van der Waals surface area contributed by atoms with Crippen LogP contribution in [0.4, 0.5) is 11.4 Å². The molecule has 1 aliphatic carbocycles. The molecule has 162 valence electrons. The number of ketones is 1. The lowest BCUT2D eigenvalue weighted by molar-refractivity contribution is -0.118. The van der Waals surface area contributed by atoms with E-state index in [1.807, 2.05) is 32.0 Å². The third-order valence-electron chi connectivity index (χ3n) is 6.21. The summed E-state index contributed by atoms with van der Waals surface area (Å²) in [6, 6.07) is 8.64. The Kier molecular flexibility index (Phi) is 5.43. The molecule has 0 bridgehead atoms. The van der Waals surface area contributed by atoms with Crippen molar-refractivity contribution in [2.24, 2.45) is 5.41 Å². The zero-order valence-electron chi connectivity index (χ0n) is 18.4. The van der Waals surface area contributed by atoms with Gasteiger partial charge < -0.3 is 5.32 Å². The van der Waals surface area contributed by atoms with Gasteiger partial charge in [0.15, 0.2) is 5.78 Å². The summed E-state index contributed by atoms with van der Waals surface area (Å²) in [6.07, 6.45) is 1.11. The fourth-order valence-corrected chi connectivity index (χ4v) is 5.18. The molecule has 6 heteroatoms. The van der Waals surface area contributed by atoms with Gasteiger partial charge in [0.2, 0.25) is 5.91 Å². The minimum atomic E-state index is -0.628. The number of nitrogens with one attached hydrogen (secondary N) is 1. The van der Waals surface area contributed by atoms with Crippen molar-refractivity contribution in [3.63, 3.8) is 0 Å². The van der Waals surface area contributed by atoms with Crippen LogP contribution in [0.3, 0.4) is 0 Å². The minimum absolute atomic E-state index is 0.0299.